The van der Waals surface area contributed by atoms with Gasteiger partial charge in [-0.2, -0.15) is 0 Å². The van der Waals surface area contributed by atoms with Crippen molar-refractivity contribution in [1.82, 2.24) is 0 Å². The highest BCUT2D eigenvalue weighted by atomic mass is 32.2. The SMILES string of the molecule is CC[C@@H](C)[C@@H](CC(C)=O)Sc1ccccc1. The first-order valence-corrected chi connectivity index (χ1v) is 6.72. The van der Waals surface area contributed by atoms with Crippen LogP contribution in [-0.4, -0.2) is 11.0 Å². The molecular weight excluding hydrogens is 216 g/mol. The first-order chi connectivity index (χ1) is 7.63. The van der Waals surface area contributed by atoms with Crippen LogP contribution in [0, 0.1) is 5.92 Å². The minimum Gasteiger partial charge on any atom is -0.300 e. The number of hydrogen-bond acceptors (Lipinski definition) is 2. The standard InChI is InChI=1S/C14H20OS/c1-4-11(2)14(10-12(3)15)16-13-8-6-5-7-9-13/h5-9,11,14H,4,10H2,1-3H3/t11-,14-/m1/s1. The number of hydrogen-bond donors (Lipinski definition) is 0. The zero-order valence-electron chi connectivity index (χ0n) is 10.3. The van der Waals surface area contributed by atoms with E-state index >= 15 is 0 Å². The molecule has 0 spiro atoms. The van der Waals surface area contributed by atoms with Crippen LogP contribution in [0.25, 0.3) is 0 Å². The molecule has 0 aromatic heterocycles. The lowest BCUT2D eigenvalue weighted by Crippen LogP contribution is -2.16. The van der Waals surface area contributed by atoms with Crippen LogP contribution < -0.4 is 0 Å². The normalized spacial score (nSPS) is 14.4. The maximum Gasteiger partial charge on any atom is 0.130 e. The number of thioether (sulfide) groups is 1. The van der Waals surface area contributed by atoms with Crippen molar-refractivity contribution < 1.29 is 4.79 Å². The highest BCUT2D eigenvalue weighted by molar-refractivity contribution is 8.00. The number of carbonyl (C=O) groups excluding carboxylic acids is 1. The summed E-state index contributed by atoms with van der Waals surface area (Å²) >= 11 is 1.83. The van der Waals surface area contributed by atoms with Gasteiger partial charge in [0.25, 0.3) is 0 Å². The number of ketones is 1. The second-order valence-corrected chi connectivity index (χ2v) is 5.57. The van der Waals surface area contributed by atoms with Gasteiger partial charge in [-0.15, -0.1) is 11.8 Å². The summed E-state index contributed by atoms with van der Waals surface area (Å²) in [4.78, 5) is 12.5. The molecule has 0 saturated heterocycles. The Morgan fingerprint density at radius 1 is 1.31 bits per heavy atom. The van der Waals surface area contributed by atoms with E-state index in [1.165, 1.54) is 4.90 Å². The van der Waals surface area contributed by atoms with Crippen LogP contribution in [0.2, 0.25) is 0 Å². The van der Waals surface area contributed by atoms with Gasteiger partial charge in [-0.05, 0) is 25.0 Å². The van der Waals surface area contributed by atoms with Crippen molar-refractivity contribution in [2.75, 3.05) is 0 Å². The lowest BCUT2D eigenvalue weighted by Gasteiger charge is -2.21. The molecule has 0 aliphatic rings. The zero-order chi connectivity index (χ0) is 12.0. The fraction of sp³-hybridized carbons (Fsp3) is 0.500. The van der Waals surface area contributed by atoms with Crippen LogP contribution in [0.1, 0.15) is 33.6 Å². The lowest BCUT2D eigenvalue weighted by molar-refractivity contribution is -0.117. The summed E-state index contributed by atoms with van der Waals surface area (Å²) in [6.45, 7) is 6.09. The molecule has 1 aromatic carbocycles. The van der Waals surface area contributed by atoms with Crippen molar-refractivity contribution in [2.24, 2.45) is 5.92 Å². The molecular formula is C14H20OS. The Bertz CT molecular complexity index is 321. The van der Waals surface area contributed by atoms with Crippen molar-refractivity contribution in [1.29, 1.82) is 0 Å². The molecule has 1 nitrogen and oxygen atoms in total. The fourth-order valence-electron chi connectivity index (χ4n) is 1.58. The van der Waals surface area contributed by atoms with E-state index in [2.05, 4.69) is 26.0 Å². The molecule has 2 atom stereocenters. The van der Waals surface area contributed by atoms with E-state index in [0.29, 0.717) is 17.6 Å². The predicted molar refractivity (Wildman–Crippen MR) is 70.8 cm³/mol. The summed E-state index contributed by atoms with van der Waals surface area (Å²) < 4.78 is 0. The molecule has 88 valence electrons. The number of benzene rings is 1. The molecule has 16 heavy (non-hydrogen) atoms. The van der Waals surface area contributed by atoms with E-state index in [1.807, 2.05) is 30.0 Å². The second-order valence-electron chi connectivity index (χ2n) is 4.26. The molecule has 1 aromatic rings. The molecule has 0 bridgehead atoms. The van der Waals surface area contributed by atoms with Gasteiger partial charge in [-0.3, -0.25) is 4.79 Å². The van der Waals surface area contributed by atoms with Crippen LogP contribution >= 0.6 is 11.8 Å². The summed E-state index contributed by atoms with van der Waals surface area (Å²) in [6.07, 6.45) is 1.80. The van der Waals surface area contributed by atoms with E-state index in [0.717, 1.165) is 6.42 Å². The maximum atomic E-state index is 11.3. The van der Waals surface area contributed by atoms with Gasteiger partial charge in [0.1, 0.15) is 5.78 Å². The summed E-state index contributed by atoms with van der Waals surface area (Å²) in [6, 6.07) is 10.3. The minimum atomic E-state index is 0.286. The maximum absolute atomic E-state index is 11.3. The summed E-state index contributed by atoms with van der Waals surface area (Å²) in [5.41, 5.74) is 0. The van der Waals surface area contributed by atoms with Crippen LogP contribution in [0.3, 0.4) is 0 Å². The Labute approximate surface area is 103 Å². The third kappa shape index (κ3) is 4.40. The third-order valence-electron chi connectivity index (χ3n) is 2.80. The molecule has 0 radical (unpaired) electrons. The minimum absolute atomic E-state index is 0.286. The van der Waals surface area contributed by atoms with E-state index in [4.69, 9.17) is 0 Å². The van der Waals surface area contributed by atoms with Crippen molar-refractivity contribution >= 4 is 17.5 Å². The second kappa shape index (κ2) is 6.74. The number of rotatable bonds is 6. The van der Waals surface area contributed by atoms with E-state index in [-0.39, 0.29) is 5.78 Å². The van der Waals surface area contributed by atoms with Gasteiger partial charge in [0.05, 0.1) is 0 Å². The van der Waals surface area contributed by atoms with E-state index in [1.54, 1.807) is 6.92 Å². The number of carbonyl (C=O) groups is 1. The average molecular weight is 236 g/mol. The third-order valence-corrected chi connectivity index (χ3v) is 4.28. The number of Topliss-reactive ketones (excluding diaryl/α,β-unsaturated/α-hetero) is 1. The average Bonchev–Trinajstić information content (AvgIpc) is 2.28. The van der Waals surface area contributed by atoms with Crippen LogP contribution in [0.4, 0.5) is 0 Å². The highest BCUT2D eigenvalue weighted by Gasteiger charge is 2.18. The molecule has 0 aliphatic carbocycles. The van der Waals surface area contributed by atoms with Gasteiger partial charge in [-0.1, -0.05) is 38.5 Å². The molecule has 0 heterocycles. The van der Waals surface area contributed by atoms with Crippen molar-refractivity contribution in [3.63, 3.8) is 0 Å². The molecule has 1 rings (SSSR count). The van der Waals surface area contributed by atoms with Gasteiger partial charge in [-0.25, -0.2) is 0 Å². The Balaban J connectivity index is 2.67. The Morgan fingerprint density at radius 3 is 2.44 bits per heavy atom. The summed E-state index contributed by atoms with van der Waals surface area (Å²) in [7, 11) is 0. The molecule has 0 amide bonds. The first-order valence-electron chi connectivity index (χ1n) is 5.84. The zero-order valence-corrected chi connectivity index (χ0v) is 11.1. The Kier molecular flexibility index (Phi) is 5.61. The topological polar surface area (TPSA) is 17.1 Å². The molecule has 0 saturated carbocycles. The van der Waals surface area contributed by atoms with Crippen molar-refractivity contribution in [3.8, 4) is 0 Å². The molecule has 0 aliphatic heterocycles. The lowest BCUT2D eigenvalue weighted by atomic mass is 10.0. The van der Waals surface area contributed by atoms with E-state index < -0.39 is 0 Å². The van der Waals surface area contributed by atoms with Gasteiger partial charge in [0.15, 0.2) is 0 Å². The molecule has 0 N–H and O–H groups in total. The molecule has 2 heteroatoms. The summed E-state index contributed by atoms with van der Waals surface area (Å²) in [5.74, 6) is 0.864. The molecule has 0 fully saturated rings. The van der Waals surface area contributed by atoms with Crippen LogP contribution in [0.15, 0.2) is 35.2 Å². The Hall–Kier alpha value is -0.760. The van der Waals surface area contributed by atoms with Crippen LogP contribution in [0.5, 0.6) is 0 Å². The molecule has 0 unspecified atom stereocenters. The van der Waals surface area contributed by atoms with Gasteiger partial charge in [0, 0.05) is 16.6 Å². The van der Waals surface area contributed by atoms with Gasteiger partial charge < -0.3 is 0 Å². The predicted octanol–water partition coefficient (Wildman–Crippen LogP) is 4.17. The smallest absolute Gasteiger partial charge is 0.130 e. The monoisotopic (exact) mass is 236 g/mol. The van der Waals surface area contributed by atoms with Crippen molar-refractivity contribution in [3.05, 3.63) is 30.3 Å². The largest absolute Gasteiger partial charge is 0.300 e. The fourth-order valence-corrected chi connectivity index (χ4v) is 2.99. The quantitative estimate of drug-likeness (QED) is 0.689. The summed E-state index contributed by atoms with van der Waals surface area (Å²) in [5, 5.41) is 0.407. The Morgan fingerprint density at radius 2 is 1.94 bits per heavy atom. The van der Waals surface area contributed by atoms with Crippen molar-refractivity contribution in [2.45, 2.75) is 43.8 Å². The van der Waals surface area contributed by atoms with E-state index in [9.17, 15) is 4.79 Å². The first kappa shape index (κ1) is 13.3. The van der Waals surface area contributed by atoms with Gasteiger partial charge >= 0.3 is 0 Å². The van der Waals surface area contributed by atoms with Gasteiger partial charge in [0.2, 0.25) is 0 Å². The van der Waals surface area contributed by atoms with Crippen LogP contribution in [-0.2, 0) is 4.79 Å². The highest BCUT2D eigenvalue weighted by Crippen LogP contribution is 2.31.